The first-order valence-electron chi connectivity index (χ1n) is 8.56. The van der Waals surface area contributed by atoms with E-state index in [4.69, 9.17) is 0 Å². The molecule has 0 bridgehead atoms. The van der Waals surface area contributed by atoms with Crippen molar-refractivity contribution < 1.29 is 14.7 Å². The van der Waals surface area contributed by atoms with Crippen LogP contribution in [0.2, 0.25) is 0 Å². The van der Waals surface area contributed by atoms with Crippen LogP contribution in [0.15, 0.2) is 48.8 Å². The van der Waals surface area contributed by atoms with Crippen LogP contribution < -0.4 is 5.32 Å². The number of amides is 1. The number of carbonyl (C=O) groups is 2. The lowest BCUT2D eigenvalue weighted by molar-refractivity contribution is -0.146. The van der Waals surface area contributed by atoms with Gasteiger partial charge in [0.1, 0.15) is 0 Å². The summed E-state index contributed by atoms with van der Waals surface area (Å²) in [5, 5.41) is 16.1. The Hall–Kier alpha value is -3.35. The molecule has 0 radical (unpaired) electrons. The number of anilines is 1. The van der Waals surface area contributed by atoms with E-state index in [1.807, 2.05) is 54.8 Å². The molecule has 7 nitrogen and oxygen atoms in total. The quantitative estimate of drug-likeness (QED) is 0.725. The van der Waals surface area contributed by atoms with Crippen molar-refractivity contribution in [2.24, 2.45) is 0 Å². The first-order chi connectivity index (χ1) is 12.7. The third kappa shape index (κ3) is 3.36. The molecule has 1 amide bonds. The van der Waals surface area contributed by atoms with Gasteiger partial charge in [0.05, 0.1) is 17.4 Å². The van der Waals surface area contributed by atoms with Gasteiger partial charge in [-0.2, -0.15) is 5.10 Å². The molecule has 0 saturated carbocycles. The Morgan fingerprint density at radius 3 is 2.44 bits per heavy atom. The molecule has 2 N–H and O–H groups in total. The molecule has 0 unspecified atom stereocenters. The standard InChI is InChI=1S/C20H22N4O3/c1-13-10-17(14(2)24(13)16-8-6-5-7-9-16)18(25)22-15-11-21-23(12-15)20(3,4)19(26)27/h5-12H,1-4H3,(H,22,25)(H,26,27). The van der Waals surface area contributed by atoms with E-state index >= 15 is 0 Å². The molecule has 0 atom stereocenters. The topological polar surface area (TPSA) is 89.2 Å². The molecule has 0 saturated heterocycles. The highest BCUT2D eigenvalue weighted by atomic mass is 16.4. The van der Waals surface area contributed by atoms with Crippen molar-refractivity contribution in [3.63, 3.8) is 0 Å². The van der Waals surface area contributed by atoms with Gasteiger partial charge in [-0.05, 0) is 45.9 Å². The van der Waals surface area contributed by atoms with Gasteiger partial charge in [0.15, 0.2) is 5.54 Å². The molecule has 2 heterocycles. The predicted molar refractivity (Wildman–Crippen MR) is 102 cm³/mol. The van der Waals surface area contributed by atoms with Crippen molar-refractivity contribution in [1.82, 2.24) is 14.3 Å². The summed E-state index contributed by atoms with van der Waals surface area (Å²) in [6.07, 6.45) is 2.96. The summed E-state index contributed by atoms with van der Waals surface area (Å²) in [5.41, 5.74) is 2.57. The molecule has 3 aromatic rings. The average molecular weight is 366 g/mol. The molecule has 140 valence electrons. The highest BCUT2D eigenvalue weighted by molar-refractivity contribution is 6.05. The fraction of sp³-hybridized carbons (Fsp3) is 0.250. The predicted octanol–water partition coefficient (Wildman–Crippen LogP) is 3.36. The molecule has 1 aromatic carbocycles. The number of aromatic nitrogens is 3. The van der Waals surface area contributed by atoms with Gasteiger partial charge < -0.3 is 15.0 Å². The van der Waals surface area contributed by atoms with E-state index in [0.717, 1.165) is 17.1 Å². The zero-order chi connectivity index (χ0) is 19.8. The summed E-state index contributed by atoms with van der Waals surface area (Å²) in [6.45, 7) is 6.93. The van der Waals surface area contributed by atoms with Crippen LogP contribution in [-0.4, -0.2) is 31.3 Å². The highest BCUT2D eigenvalue weighted by Gasteiger charge is 2.30. The Balaban J connectivity index is 1.86. The fourth-order valence-electron chi connectivity index (χ4n) is 2.96. The largest absolute Gasteiger partial charge is 0.479 e. The number of para-hydroxylation sites is 1. The maximum Gasteiger partial charge on any atom is 0.331 e. The summed E-state index contributed by atoms with van der Waals surface area (Å²) in [5.74, 6) is -1.27. The molecule has 0 aliphatic rings. The first kappa shape index (κ1) is 18.4. The minimum atomic E-state index is -1.20. The smallest absolute Gasteiger partial charge is 0.331 e. The minimum absolute atomic E-state index is 0.266. The van der Waals surface area contributed by atoms with Crippen LogP contribution >= 0.6 is 0 Å². The highest BCUT2D eigenvalue weighted by Crippen LogP contribution is 2.22. The first-order valence-corrected chi connectivity index (χ1v) is 8.56. The second-order valence-electron chi connectivity index (χ2n) is 6.95. The molecule has 0 aliphatic carbocycles. The molecule has 0 fully saturated rings. The third-order valence-electron chi connectivity index (χ3n) is 4.63. The van der Waals surface area contributed by atoms with Crippen LogP contribution in [0.3, 0.4) is 0 Å². The number of hydrogen-bond donors (Lipinski definition) is 2. The van der Waals surface area contributed by atoms with Gasteiger partial charge in [-0.1, -0.05) is 18.2 Å². The molecule has 2 aromatic heterocycles. The molecular formula is C20H22N4O3. The van der Waals surface area contributed by atoms with Crippen LogP contribution in [0.25, 0.3) is 5.69 Å². The number of nitrogens with zero attached hydrogens (tertiary/aromatic N) is 3. The zero-order valence-electron chi connectivity index (χ0n) is 15.7. The number of carboxylic acid groups (broad SMARTS) is 1. The Morgan fingerprint density at radius 2 is 1.81 bits per heavy atom. The number of carbonyl (C=O) groups excluding carboxylic acids is 1. The number of benzene rings is 1. The summed E-state index contributed by atoms with van der Waals surface area (Å²) < 4.78 is 3.34. The van der Waals surface area contributed by atoms with E-state index in [1.54, 1.807) is 13.8 Å². The number of nitrogens with one attached hydrogen (secondary N) is 1. The van der Waals surface area contributed by atoms with Crippen molar-refractivity contribution in [2.75, 3.05) is 5.32 Å². The van der Waals surface area contributed by atoms with Crippen molar-refractivity contribution in [3.05, 3.63) is 65.7 Å². The second-order valence-corrected chi connectivity index (χ2v) is 6.95. The average Bonchev–Trinajstić information content (AvgIpc) is 3.20. The number of carboxylic acids is 1. The molecule has 0 spiro atoms. The van der Waals surface area contributed by atoms with Crippen molar-refractivity contribution in [1.29, 1.82) is 0 Å². The summed E-state index contributed by atoms with van der Waals surface area (Å²) in [6, 6.07) is 11.7. The summed E-state index contributed by atoms with van der Waals surface area (Å²) in [7, 11) is 0. The van der Waals surface area contributed by atoms with Crippen LogP contribution in [0.1, 0.15) is 35.6 Å². The molecule has 27 heavy (non-hydrogen) atoms. The van der Waals surface area contributed by atoms with Gasteiger partial charge >= 0.3 is 5.97 Å². The number of rotatable bonds is 5. The van der Waals surface area contributed by atoms with Gasteiger partial charge in [0.2, 0.25) is 0 Å². The Bertz CT molecular complexity index is 1000. The molecule has 0 aliphatic heterocycles. The van der Waals surface area contributed by atoms with E-state index in [1.165, 1.54) is 17.1 Å². The summed E-state index contributed by atoms with van der Waals surface area (Å²) >= 11 is 0. The van der Waals surface area contributed by atoms with Gasteiger partial charge in [-0.3, -0.25) is 9.48 Å². The van der Waals surface area contributed by atoms with E-state index in [9.17, 15) is 14.7 Å². The molecule has 3 rings (SSSR count). The fourth-order valence-corrected chi connectivity index (χ4v) is 2.96. The van der Waals surface area contributed by atoms with E-state index in [2.05, 4.69) is 10.4 Å². The molecule has 7 heteroatoms. The monoisotopic (exact) mass is 366 g/mol. The van der Waals surface area contributed by atoms with Crippen LogP contribution in [0.4, 0.5) is 5.69 Å². The Morgan fingerprint density at radius 1 is 1.15 bits per heavy atom. The van der Waals surface area contributed by atoms with Crippen molar-refractivity contribution in [2.45, 2.75) is 33.2 Å². The third-order valence-corrected chi connectivity index (χ3v) is 4.63. The lowest BCUT2D eigenvalue weighted by atomic mass is 10.1. The zero-order valence-corrected chi connectivity index (χ0v) is 15.7. The second kappa shape index (κ2) is 6.75. The lowest BCUT2D eigenvalue weighted by Crippen LogP contribution is -2.35. The lowest BCUT2D eigenvalue weighted by Gasteiger charge is -2.19. The van der Waals surface area contributed by atoms with Gasteiger partial charge in [0, 0.05) is 23.3 Å². The number of aliphatic carboxylic acids is 1. The summed E-state index contributed by atoms with van der Waals surface area (Å²) in [4.78, 5) is 24.1. The van der Waals surface area contributed by atoms with E-state index in [0.29, 0.717) is 11.3 Å². The Labute approximate surface area is 157 Å². The molecular weight excluding hydrogens is 344 g/mol. The van der Waals surface area contributed by atoms with Gasteiger partial charge in [-0.15, -0.1) is 0 Å². The van der Waals surface area contributed by atoms with E-state index in [-0.39, 0.29) is 5.91 Å². The Kier molecular flexibility index (Phi) is 4.61. The normalized spacial score (nSPS) is 11.4. The van der Waals surface area contributed by atoms with Crippen LogP contribution in [-0.2, 0) is 10.3 Å². The maximum atomic E-state index is 12.7. The van der Waals surface area contributed by atoms with Gasteiger partial charge in [-0.25, -0.2) is 4.79 Å². The van der Waals surface area contributed by atoms with E-state index < -0.39 is 11.5 Å². The number of aryl methyl sites for hydroxylation is 1. The number of hydrogen-bond acceptors (Lipinski definition) is 3. The van der Waals surface area contributed by atoms with Crippen LogP contribution in [0, 0.1) is 13.8 Å². The van der Waals surface area contributed by atoms with Crippen molar-refractivity contribution >= 4 is 17.6 Å². The van der Waals surface area contributed by atoms with Crippen molar-refractivity contribution in [3.8, 4) is 5.69 Å². The maximum absolute atomic E-state index is 12.7. The van der Waals surface area contributed by atoms with Crippen LogP contribution in [0.5, 0.6) is 0 Å². The van der Waals surface area contributed by atoms with Gasteiger partial charge in [0.25, 0.3) is 5.91 Å². The SMILES string of the molecule is Cc1cc(C(=O)Nc2cnn(C(C)(C)C(=O)O)c2)c(C)n1-c1ccccc1. The minimum Gasteiger partial charge on any atom is -0.479 e.